The minimum Gasteiger partial charge on any atom is -0.166 e. The molecule has 0 N–H and O–H groups in total. The zero-order valence-corrected chi connectivity index (χ0v) is 31.7. The summed E-state index contributed by atoms with van der Waals surface area (Å²) in [5.41, 5.74) is -18.5. The molecular formula is C36H20F24P2. The predicted octanol–water partition coefficient (Wildman–Crippen LogP) is 14.5. The van der Waals surface area contributed by atoms with Gasteiger partial charge < -0.3 is 0 Å². The highest BCUT2D eigenvalue weighted by molar-refractivity contribution is 7.89. The molecule has 0 saturated carbocycles. The average Bonchev–Trinajstić information content (AvgIpc) is 3.08. The van der Waals surface area contributed by atoms with Gasteiger partial charge in [-0.1, -0.05) is 13.3 Å². The van der Waals surface area contributed by atoms with Crippen LogP contribution >= 0.6 is 15.8 Å². The minimum absolute atomic E-state index is 0.245. The quantitative estimate of drug-likeness (QED) is 0.122. The summed E-state index contributed by atoms with van der Waals surface area (Å²) in [5.74, 6) is 0. The van der Waals surface area contributed by atoms with Gasteiger partial charge in [0.2, 0.25) is 0 Å². The first-order chi connectivity index (χ1) is 27.7. The Labute approximate surface area is 334 Å². The first kappa shape index (κ1) is 50.7. The van der Waals surface area contributed by atoms with Crippen molar-refractivity contribution in [3.05, 3.63) is 117 Å². The number of benzene rings is 4. The SMILES string of the molecule is CCCC(P(c1cc(C(F)(F)F)cc(C(F)(F)F)c1)c1cc(C(F)(F)F)cc(C(F)(F)F)c1)P(c1cc(C(F)(F)F)cc(C(F)(F)F)c1)c1cc(C(F)(F)F)cc(C(F)(F)F)c1. The van der Waals surface area contributed by atoms with E-state index in [4.69, 9.17) is 0 Å². The van der Waals surface area contributed by atoms with Gasteiger partial charge in [0, 0.05) is 5.40 Å². The van der Waals surface area contributed by atoms with E-state index in [1.54, 1.807) is 0 Å². The summed E-state index contributed by atoms with van der Waals surface area (Å²) in [6.07, 6.45) is -48.5. The highest BCUT2D eigenvalue weighted by Gasteiger charge is 2.46. The minimum atomic E-state index is -5.85. The van der Waals surface area contributed by atoms with Gasteiger partial charge in [-0.15, -0.1) is 0 Å². The third-order valence-electron chi connectivity index (χ3n) is 8.55. The third-order valence-corrected chi connectivity index (χ3v) is 14.9. The molecule has 62 heavy (non-hydrogen) atoms. The Morgan fingerprint density at radius 2 is 0.435 bits per heavy atom. The van der Waals surface area contributed by atoms with Crippen molar-refractivity contribution in [3.8, 4) is 0 Å². The van der Waals surface area contributed by atoms with Crippen molar-refractivity contribution in [3.63, 3.8) is 0 Å². The van der Waals surface area contributed by atoms with E-state index in [1.807, 2.05) is 0 Å². The van der Waals surface area contributed by atoms with Crippen LogP contribution in [-0.4, -0.2) is 5.40 Å². The molecule has 0 saturated heterocycles. The van der Waals surface area contributed by atoms with E-state index < -0.39 is 173 Å². The molecule has 342 valence electrons. The summed E-state index contributed by atoms with van der Waals surface area (Å²) >= 11 is 0. The van der Waals surface area contributed by atoms with E-state index in [9.17, 15) is 105 Å². The maximum absolute atomic E-state index is 14.2. The Morgan fingerprint density at radius 1 is 0.290 bits per heavy atom. The Bertz CT molecular complexity index is 1800. The van der Waals surface area contributed by atoms with Crippen LogP contribution in [0.1, 0.15) is 64.3 Å². The topological polar surface area (TPSA) is 0 Å². The maximum atomic E-state index is 14.2. The largest absolute Gasteiger partial charge is 0.416 e. The molecule has 0 atom stereocenters. The average molecular weight is 970 g/mol. The van der Waals surface area contributed by atoms with Crippen LogP contribution in [0, 0.1) is 0 Å². The Kier molecular flexibility index (Phi) is 13.8. The number of halogens is 24. The first-order valence-corrected chi connectivity index (χ1v) is 19.3. The molecule has 0 aromatic heterocycles. The summed E-state index contributed by atoms with van der Waals surface area (Å²) in [4.78, 5) is 0. The lowest BCUT2D eigenvalue weighted by Gasteiger charge is -2.37. The molecule has 26 heteroatoms. The standard InChI is InChI=1S/C36H20F24P2/c1-2-3-28(61(24-8-16(29(37,38)39)4-17(9-24)30(40,41)42)25-10-18(31(43,44)45)5-19(11-25)32(46,47)48)62(26-12-20(33(49,50)51)6-21(13-26)34(52,53)54)27-14-22(35(55,56)57)7-23(15-27)36(58,59)60/h4-15,28H,2-3H2,1H3. The van der Waals surface area contributed by atoms with Crippen LogP contribution in [0.5, 0.6) is 0 Å². The highest BCUT2D eigenvalue weighted by Crippen LogP contribution is 2.60. The normalized spacial score (nSPS) is 14.1. The van der Waals surface area contributed by atoms with Crippen molar-refractivity contribution >= 4 is 37.1 Å². The number of hydrogen-bond donors (Lipinski definition) is 0. The molecule has 0 nitrogen and oxygen atoms in total. The molecule has 4 aromatic carbocycles. The number of hydrogen-bond acceptors (Lipinski definition) is 0. The van der Waals surface area contributed by atoms with Gasteiger partial charge in [-0.2, -0.15) is 105 Å². The van der Waals surface area contributed by atoms with E-state index in [1.165, 1.54) is 0 Å². The van der Waals surface area contributed by atoms with Crippen LogP contribution in [0.3, 0.4) is 0 Å². The fourth-order valence-corrected chi connectivity index (χ4v) is 13.7. The van der Waals surface area contributed by atoms with Gasteiger partial charge in [0.05, 0.1) is 44.5 Å². The van der Waals surface area contributed by atoms with E-state index >= 15 is 0 Å². The molecular weight excluding hydrogens is 950 g/mol. The Balaban J connectivity index is 2.41. The van der Waals surface area contributed by atoms with Gasteiger partial charge >= 0.3 is 49.4 Å². The molecule has 0 radical (unpaired) electrons. The van der Waals surface area contributed by atoms with E-state index in [-0.39, 0.29) is 48.5 Å². The van der Waals surface area contributed by atoms with E-state index in [2.05, 4.69) is 0 Å². The van der Waals surface area contributed by atoms with Gasteiger partial charge in [-0.3, -0.25) is 0 Å². The lowest BCUT2D eigenvalue weighted by molar-refractivity contribution is -0.144. The lowest BCUT2D eigenvalue weighted by atomic mass is 10.1. The molecule has 0 heterocycles. The molecule has 0 fully saturated rings. The molecule has 0 aliphatic heterocycles. The second-order valence-corrected chi connectivity index (χ2v) is 18.3. The van der Waals surface area contributed by atoms with Crippen molar-refractivity contribution in [1.82, 2.24) is 0 Å². The first-order valence-electron chi connectivity index (χ1n) is 16.5. The van der Waals surface area contributed by atoms with Crippen LogP contribution < -0.4 is 21.2 Å². The smallest absolute Gasteiger partial charge is 0.166 e. The Morgan fingerprint density at radius 3 is 0.548 bits per heavy atom. The highest BCUT2D eigenvalue weighted by atomic mass is 31.2. The van der Waals surface area contributed by atoms with Gasteiger partial charge in [0.25, 0.3) is 0 Å². The van der Waals surface area contributed by atoms with Gasteiger partial charge in [-0.25, -0.2) is 0 Å². The van der Waals surface area contributed by atoms with Gasteiger partial charge in [0.15, 0.2) is 0 Å². The fraction of sp³-hybridized carbons (Fsp3) is 0.333. The zero-order chi connectivity index (χ0) is 47.6. The molecule has 0 aliphatic rings. The molecule has 0 spiro atoms. The summed E-state index contributed by atoms with van der Waals surface area (Å²) in [6, 6.07) is -4.27. The Hall–Kier alpha value is -3.94. The van der Waals surface area contributed by atoms with Crippen LogP contribution in [0.15, 0.2) is 72.8 Å². The molecule has 0 amide bonds. The van der Waals surface area contributed by atoms with Gasteiger partial charge in [0.1, 0.15) is 0 Å². The van der Waals surface area contributed by atoms with Crippen LogP contribution in [-0.2, 0) is 49.4 Å². The monoisotopic (exact) mass is 970 g/mol. The number of rotatable bonds is 8. The second-order valence-electron chi connectivity index (χ2n) is 13.1. The van der Waals surface area contributed by atoms with Crippen molar-refractivity contribution in [2.45, 2.75) is 74.6 Å². The van der Waals surface area contributed by atoms with Crippen molar-refractivity contribution in [1.29, 1.82) is 0 Å². The van der Waals surface area contributed by atoms with Gasteiger partial charge in [-0.05, 0) is 116 Å². The van der Waals surface area contributed by atoms with Crippen LogP contribution in [0.2, 0.25) is 0 Å². The van der Waals surface area contributed by atoms with E-state index in [0.29, 0.717) is 0 Å². The third kappa shape index (κ3) is 12.0. The van der Waals surface area contributed by atoms with E-state index in [0.717, 1.165) is 6.92 Å². The second kappa shape index (κ2) is 16.9. The molecule has 0 unspecified atom stereocenters. The van der Waals surface area contributed by atoms with Crippen molar-refractivity contribution in [2.75, 3.05) is 0 Å². The molecule has 0 bridgehead atoms. The summed E-state index contributed by atoms with van der Waals surface area (Å²) in [6.45, 7) is 1.01. The zero-order valence-electron chi connectivity index (χ0n) is 29.9. The van der Waals surface area contributed by atoms with Crippen LogP contribution in [0.4, 0.5) is 105 Å². The molecule has 4 aromatic rings. The van der Waals surface area contributed by atoms with Crippen LogP contribution in [0.25, 0.3) is 0 Å². The fourth-order valence-electron chi connectivity index (χ4n) is 5.93. The summed E-state index contributed by atoms with van der Waals surface area (Å²) in [5, 5.41) is -8.63. The molecule has 0 aliphatic carbocycles. The van der Waals surface area contributed by atoms with Crippen molar-refractivity contribution < 1.29 is 105 Å². The predicted molar refractivity (Wildman–Crippen MR) is 177 cm³/mol. The maximum Gasteiger partial charge on any atom is 0.416 e. The molecule has 4 rings (SSSR count). The number of alkyl halides is 24. The lowest BCUT2D eigenvalue weighted by Crippen LogP contribution is -2.31. The van der Waals surface area contributed by atoms with Crippen molar-refractivity contribution in [2.24, 2.45) is 0 Å². The summed E-state index contributed by atoms with van der Waals surface area (Å²) in [7, 11) is -8.01. The summed E-state index contributed by atoms with van der Waals surface area (Å²) < 4.78 is 341.